The Kier molecular flexibility index (Phi) is 12.9. The van der Waals surface area contributed by atoms with E-state index in [9.17, 15) is 29.8 Å². The van der Waals surface area contributed by atoms with E-state index in [0.717, 1.165) is 0 Å². The Balaban J connectivity index is 0.000000594. The van der Waals surface area contributed by atoms with Gasteiger partial charge in [-0.25, -0.2) is 9.97 Å². The molecule has 0 N–H and O–H groups in total. The summed E-state index contributed by atoms with van der Waals surface area (Å²) in [4.78, 5) is 49.8. The van der Waals surface area contributed by atoms with Crippen LogP contribution < -0.4 is 0 Å². The van der Waals surface area contributed by atoms with Gasteiger partial charge in [0.1, 0.15) is 16.1 Å². The Morgan fingerprint density at radius 2 is 1.27 bits per heavy atom. The quantitative estimate of drug-likeness (QED) is 0.105. The van der Waals surface area contributed by atoms with Crippen LogP contribution in [-0.2, 0) is 0 Å². The number of terminal acetylenes is 1. The minimum absolute atomic E-state index is 0.118. The normalized spacial score (nSPS) is 10.2. The number of halogens is 1. The van der Waals surface area contributed by atoms with Gasteiger partial charge in [0, 0.05) is 35.7 Å². The number of rotatable bonds is 4. The first-order valence-corrected chi connectivity index (χ1v) is 18.6. The predicted octanol–water partition coefficient (Wildman–Crippen LogP) is 5.87. The van der Waals surface area contributed by atoms with Crippen molar-refractivity contribution in [1.29, 1.82) is 0 Å². The van der Waals surface area contributed by atoms with Crippen molar-refractivity contribution in [2.75, 3.05) is 0 Å². The van der Waals surface area contributed by atoms with Crippen molar-refractivity contribution in [2.24, 2.45) is 0 Å². The summed E-state index contributed by atoms with van der Waals surface area (Å²) in [5, 5.41) is 21.3. The second-order valence-electron chi connectivity index (χ2n) is 9.65. The maximum atomic E-state index is 11.2. The molecular formula is C24H29BrN4O6Si2. The molecule has 0 spiro atoms. The number of aromatic nitrogens is 2. The van der Waals surface area contributed by atoms with E-state index in [0.29, 0.717) is 0 Å². The molecule has 10 nitrogen and oxygen atoms in total. The minimum Gasteiger partial charge on any atom is -0.294 e. The Hall–Kier alpha value is -3.53. The maximum absolute atomic E-state index is 11.2. The van der Waals surface area contributed by atoms with Gasteiger partial charge in [-0.2, -0.15) is 0 Å². The standard InChI is InChI=1S/C12H14N2O3Si.C7H5BrN2O3.C5H10Si/c1-9(15)10-7-12(14(16)17)11(13-8-10)5-6-18(2,3)4;1-4(11)5-2-6(10(12)13)7(8)9-3-5;1-5-6(2,3)4/h7-8H,1-4H3;2-3H,1H3;1H,2-4H3. The third-order valence-electron chi connectivity index (χ3n) is 3.88. The van der Waals surface area contributed by atoms with Gasteiger partial charge in [0.05, 0.1) is 9.85 Å². The molecule has 2 aromatic rings. The molecule has 0 aliphatic rings. The van der Waals surface area contributed by atoms with Crippen molar-refractivity contribution in [1.82, 2.24) is 9.97 Å². The second-order valence-corrected chi connectivity index (χ2v) is 19.9. The number of hydrogen-bond acceptors (Lipinski definition) is 8. The zero-order chi connectivity index (χ0) is 29.1. The highest BCUT2D eigenvalue weighted by molar-refractivity contribution is 9.10. The van der Waals surface area contributed by atoms with Gasteiger partial charge in [0.2, 0.25) is 0 Å². The van der Waals surface area contributed by atoms with E-state index in [4.69, 9.17) is 6.42 Å². The van der Waals surface area contributed by atoms with Crippen LogP contribution >= 0.6 is 15.9 Å². The molecule has 0 aromatic carbocycles. The number of Topliss-reactive ketones (excluding diaryl/α,β-unsaturated/α-hetero) is 2. The third kappa shape index (κ3) is 13.4. The van der Waals surface area contributed by atoms with E-state index >= 15 is 0 Å². The summed E-state index contributed by atoms with van der Waals surface area (Å²) >= 11 is 2.92. The Morgan fingerprint density at radius 1 is 0.865 bits per heavy atom. The van der Waals surface area contributed by atoms with E-state index in [-0.39, 0.29) is 44.4 Å². The van der Waals surface area contributed by atoms with E-state index in [1.165, 1.54) is 38.4 Å². The summed E-state index contributed by atoms with van der Waals surface area (Å²) in [7, 11) is -2.73. The molecule has 196 valence electrons. The Bertz CT molecular complexity index is 1300. The van der Waals surface area contributed by atoms with Crippen molar-refractivity contribution in [3.05, 3.63) is 66.2 Å². The van der Waals surface area contributed by atoms with Gasteiger partial charge in [-0.15, -0.1) is 17.5 Å². The van der Waals surface area contributed by atoms with Crippen molar-refractivity contribution in [3.63, 3.8) is 0 Å². The van der Waals surface area contributed by atoms with Crippen LogP contribution in [0.5, 0.6) is 0 Å². The number of carbonyl (C=O) groups excluding carboxylic acids is 2. The average molecular weight is 606 g/mol. The van der Waals surface area contributed by atoms with Crippen LogP contribution in [0.15, 0.2) is 29.1 Å². The zero-order valence-corrected chi connectivity index (χ0v) is 25.6. The molecule has 0 aliphatic heterocycles. The number of pyridine rings is 2. The van der Waals surface area contributed by atoms with Crippen LogP contribution in [0.1, 0.15) is 40.3 Å². The second kappa shape index (κ2) is 14.3. The lowest BCUT2D eigenvalue weighted by molar-refractivity contribution is -0.386. The molecule has 0 amide bonds. The number of ketones is 2. The highest BCUT2D eigenvalue weighted by Gasteiger charge is 2.17. The Labute approximate surface area is 226 Å². The van der Waals surface area contributed by atoms with Gasteiger partial charge in [-0.05, 0) is 35.7 Å². The summed E-state index contributed by atoms with van der Waals surface area (Å²) in [5.74, 6) is 2.25. The van der Waals surface area contributed by atoms with Crippen molar-refractivity contribution in [3.8, 4) is 23.4 Å². The third-order valence-corrected chi connectivity index (χ3v) is 6.24. The van der Waals surface area contributed by atoms with E-state index in [1.807, 2.05) is 19.6 Å². The lowest BCUT2D eigenvalue weighted by Crippen LogP contribution is -2.16. The van der Waals surface area contributed by atoms with Gasteiger partial charge in [-0.1, -0.05) is 39.3 Å². The molecule has 13 heteroatoms. The van der Waals surface area contributed by atoms with Crippen LogP contribution in [0.2, 0.25) is 39.3 Å². The molecular weight excluding hydrogens is 576 g/mol. The summed E-state index contributed by atoms with van der Waals surface area (Å²) in [5.41, 5.74) is 5.92. The van der Waals surface area contributed by atoms with Gasteiger partial charge in [-0.3, -0.25) is 29.8 Å². The smallest absolute Gasteiger partial charge is 0.294 e. The molecule has 0 saturated carbocycles. The van der Waals surface area contributed by atoms with E-state index < -0.39 is 26.0 Å². The van der Waals surface area contributed by atoms with Crippen LogP contribution in [0.4, 0.5) is 11.4 Å². The summed E-state index contributed by atoms with van der Waals surface area (Å²) in [6.45, 7) is 15.2. The summed E-state index contributed by atoms with van der Waals surface area (Å²) < 4.78 is 0.127. The van der Waals surface area contributed by atoms with E-state index in [1.54, 1.807) is 0 Å². The van der Waals surface area contributed by atoms with Gasteiger partial charge in [0.25, 0.3) is 0 Å². The van der Waals surface area contributed by atoms with Gasteiger partial charge >= 0.3 is 11.4 Å². The molecule has 2 rings (SSSR count). The lowest BCUT2D eigenvalue weighted by atomic mass is 10.2. The lowest BCUT2D eigenvalue weighted by Gasteiger charge is -2.03. The van der Waals surface area contributed by atoms with Crippen molar-refractivity contribution < 1.29 is 19.4 Å². The van der Waals surface area contributed by atoms with Crippen LogP contribution in [0, 0.1) is 43.7 Å². The Morgan fingerprint density at radius 3 is 1.62 bits per heavy atom. The highest BCUT2D eigenvalue weighted by Crippen LogP contribution is 2.23. The fourth-order valence-electron chi connectivity index (χ4n) is 1.88. The average Bonchev–Trinajstić information content (AvgIpc) is 2.77. The van der Waals surface area contributed by atoms with Gasteiger partial charge < -0.3 is 0 Å². The highest BCUT2D eigenvalue weighted by atomic mass is 79.9. The number of nitro groups is 2. The van der Waals surface area contributed by atoms with Crippen LogP contribution in [-0.4, -0.2) is 47.5 Å². The molecule has 2 heterocycles. The molecule has 0 saturated heterocycles. The molecule has 37 heavy (non-hydrogen) atoms. The molecule has 2 aromatic heterocycles. The van der Waals surface area contributed by atoms with Crippen LogP contribution in [0.3, 0.4) is 0 Å². The predicted molar refractivity (Wildman–Crippen MR) is 152 cm³/mol. The first-order valence-electron chi connectivity index (χ1n) is 10.8. The molecule has 0 aliphatic carbocycles. The van der Waals surface area contributed by atoms with Gasteiger partial charge in [0.15, 0.2) is 21.9 Å². The first kappa shape index (κ1) is 33.5. The SMILES string of the molecule is C#C[Si](C)(C)C.CC(=O)c1cnc(Br)c([N+](=O)[O-])c1.CC(=O)c1cnc(C#C[Si](C)(C)C)c([N+](=O)[O-])c1. The fraction of sp³-hybridized carbons (Fsp3) is 0.333. The van der Waals surface area contributed by atoms with Crippen LogP contribution in [0.25, 0.3) is 0 Å². The largest absolute Gasteiger partial charge is 0.304 e. The molecule has 0 radical (unpaired) electrons. The fourth-order valence-corrected chi connectivity index (χ4v) is 2.74. The topological polar surface area (TPSA) is 146 Å². The molecule has 0 bridgehead atoms. The minimum atomic E-state index is -1.62. The molecule has 0 unspecified atom stereocenters. The number of nitrogens with zero attached hydrogens (tertiary/aromatic N) is 4. The van der Waals surface area contributed by atoms with Crippen molar-refractivity contribution in [2.45, 2.75) is 53.1 Å². The van der Waals surface area contributed by atoms with Crippen molar-refractivity contribution >= 4 is 55.0 Å². The summed E-state index contributed by atoms with van der Waals surface area (Å²) in [6.07, 6.45) is 7.73. The first-order chi connectivity index (χ1) is 16.8. The number of carbonyl (C=O) groups is 2. The molecule has 0 fully saturated rings. The summed E-state index contributed by atoms with van der Waals surface area (Å²) in [6, 6.07) is 2.42. The number of hydrogen-bond donors (Lipinski definition) is 0. The zero-order valence-electron chi connectivity index (χ0n) is 22.0. The molecule has 0 atom stereocenters. The van der Waals surface area contributed by atoms with E-state index in [2.05, 4.69) is 62.5 Å². The maximum Gasteiger partial charge on any atom is 0.304 e. The monoisotopic (exact) mass is 604 g/mol.